The van der Waals surface area contributed by atoms with E-state index in [9.17, 15) is 23.9 Å². The number of carbonyl (C=O) groups is 3. The highest BCUT2D eigenvalue weighted by Gasteiger charge is 2.43. The highest BCUT2D eigenvalue weighted by molar-refractivity contribution is 5.90. The molecule has 10 heteroatoms. The van der Waals surface area contributed by atoms with Crippen LogP contribution in [0, 0.1) is 5.82 Å². The number of nitrogens with zero attached hydrogens (tertiary/aromatic N) is 4. The number of hydrazine groups is 1. The van der Waals surface area contributed by atoms with Crippen molar-refractivity contribution < 1.29 is 23.9 Å². The lowest BCUT2D eigenvalue weighted by Crippen LogP contribution is -2.70. The zero-order chi connectivity index (χ0) is 29.5. The Labute approximate surface area is 239 Å². The molecular formula is C31H36FN5O4. The van der Waals surface area contributed by atoms with Crippen LogP contribution in [0.5, 0.6) is 5.75 Å². The van der Waals surface area contributed by atoms with Gasteiger partial charge in [0.2, 0.25) is 11.8 Å². The van der Waals surface area contributed by atoms with Crippen LogP contribution in [0.15, 0.2) is 78.9 Å². The maximum absolute atomic E-state index is 13.9. The van der Waals surface area contributed by atoms with Gasteiger partial charge in [-0.2, -0.15) is 0 Å². The Morgan fingerprint density at radius 1 is 1.00 bits per heavy atom. The Morgan fingerprint density at radius 2 is 1.63 bits per heavy atom. The maximum Gasteiger partial charge on any atom is 0.334 e. The highest BCUT2D eigenvalue weighted by atomic mass is 19.1. The molecule has 0 spiro atoms. The molecule has 4 rings (SSSR count). The van der Waals surface area contributed by atoms with Crippen LogP contribution in [0.1, 0.15) is 23.6 Å². The fourth-order valence-corrected chi connectivity index (χ4v) is 5.05. The van der Waals surface area contributed by atoms with Gasteiger partial charge in [-0.25, -0.2) is 19.2 Å². The zero-order valence-electron chi connectivity index (χ0n) is 23.5. The molecule has 0 radical (unpaired) electrons. The first-order valence-corrected chi connectivity index (χ1v) is 13.5. The molecule has 0 bridgehead atoms. The Kier molecular flexibility index (Phi) is 9.57. The van der Waals surface area contributed by atoms with Crippen molar-refractivity contribution in [3.05, 3.63) is 101 Å². The molecule has 0 saturated carbocycles. The van der Waals surface area contributed by atoms with Crippen molar-refractivity contribution in [2.24, 2.45) is 0 Å². The number of aromatic hydroxyl groups is 1. The Balaban J connectivity index is 1.56. The fraction of sp³-hybridized carbons (Fsp3) is 0.323. The van der Waals surface area contributed by atoms with Gasteiger partial charge in [-0.3, -0.25) is 9.59 Å². The van der Waals surface area contributed by atoms with Crippen molar-refractivity contribution >= 4 is 17.8 Å². The quantitative estimate of drug-likeness (QED) is 0.418. The summed E-state index contributed by atoms with van der Waals surface area (Å²) in [7, 11) is 3.34. The van der Waals surface area contributed by atoms with E-state index in [2.05, 4.69) is 5.32 Å². The van der Waals surface area contributed by atoms with Crippen molar-refractivity contribution in [1.29, 1.82) is 0 Å². The first kappa shape index (κ1) is 29.5. The van der Waals surface area contributed by atoms with Crippen LogP contribution in [-0.2, 0) is 29.0 Å². The second-order valence-electron chi connectivity index (χ2n) is 10.3. The summed E-state index contributed by atoms with van der Waals surface area (Å²) in [6.07, 6.45) is -0.0536. The van der Waals surface area contributed by atoms with Gasteiger partial charge in [0.25, 0.3) is 0 Å². The molecule has 0 aromatic heterocycles. The lowest BCUT2D eigenvalue weighted by Gasteiger charge is -2.49. The number of carbonyl (C=O) groups excluding carboxylic acids is 3. The minimum absolute atomic E-state index is 0.0816. The van der Waals surface area contributed by atoms with Crippen LogP contribution < -0.4 is 5.32 Å². The van der Waals surface area contributed by atoms with Gasteiger partial charge < -0.3 is 20.2 Å². The number of likely N-dealkylation sites (N-methyl/N-ethyl adjacent to an activating group) is 2. The van der Waals surface area contributed by atoms with Gasteiger partial charge in [0.1, 0.15) is 23.8 Å². The van der Waals surface area contributed by atoms with Crippen LogP contribution in [0.25, 0.3) is 0 Å². The number of hydrogen-bond donors (Lipinski definition) is 2. The highest BCUT2D eigenvalue weighted by Crippen LogP contribution is 2.23. The molecule has 4 amide bonds. The minimum Gasteiger partial charge on any atom is -0.508 e. The summed E-state index contributed by atoms with van der Waals surface area (Å²) < 4.78 is 13.3. The molecule has 2 atom stereocenters. The topological polar surface area (TPSA) is 96.4 Å². The summed E-state index contributed by atoms with van der Waals surface area (Å²) in [5, 5.41) is 15.7. The fourth-order valence-electron chi connectivity index (χ4n) is 5.05. The SMILES string of the molecule is C[C@H]1N([C@@H](Cc2ccc(O)cc2)C(=O)N(C)CCc2ccc(F)cc2)C(=O)CN(C)N1C(=O)NCc1ccccc1. The van der Waals surface area contributed by atoms with Crippen molar-refractivity contribution in [3.63, 3.8) is 0 Å². The predicted molar refractivity (Wildman–Crippen MR) is 153 cm³/mol. The van der Waals surface area contributed by atoms with E-state index in [0.717, 1.165) is 16.7 Å². The smallest absolute Gasteiger partial charge is 0.334 e. The van der Waals surface area contributed by atoms with Crippen LogP contribution in [0.4, 0.5) is 9.18 Å². The molecule has 9 nitrogen and oxygen atoms in total. The van der Waals surface area contributed by atoms with Crippen LogP contribution in [0.3, 0.4) is 0 Å². The number of phenolic OH excluding ortho intramolecular Hbond substituents is 1. The monoisotopic (exact) mass is 561 g/mol. The molecule has 1 heterocycles. The third-order valence-electron chi connectivity index (χ3n) is 7.28. The van der Waals surface area contributed by atoms with Gasteiger partial charge in [0.05, 0.1) is 6.54 Å². The number of amides is 4. The average molecular weight is 562 g/mol. The Morgan fingerprint density at radius 3 is 2.29 bits per heavy atom. The number of hydrogen-bond acceptors (Lipinski definition) is 5. The van der Waals surface area contributed by atoms with Gasteiger partial charge in [-0.15, -0.1) is 0 Å². The van der Waals surface area contributed by atoms with E-state index >= 15 is 0 Å². The van der Waals surface area contributed by atoms with E-state index in [0.29, 0.717) is 19.5 Å². The summed E-state index contributed by atoms with van der Waals surface area (Å²) in [4.78, 5) is 43.8. The second kappa shape index (κ2) is 13.3. The van der Waals surface area contributed by atoms with E-state index < -0.39 is 12.2 Å². The number of phenols is 1. The van der Waals surface area contributed by atoms with E-state index in [1.54, 1.807) is 55.2 Å². The molecule has 1 fully saturated rings. The molecule has 0 aliphatic carbocycles. The predicted octanol–water partition coefficient (Wildman–Crippen LogP) is 3.39. The maximum atomic E-state index is 13.9. The van der Waals surface area contributed by atoms with Crippen molar-refractivity contribution in [1.82, 2.24) is 25.1 Å². The molecule has 1 saturated heterocycles. The summed E-state index contributed by atoms with van der Waals surface area (Å²) in [6.45, 7) is 2.31. The van der Waals surface area contributed by atoms with E-state index in [-0.39, 0.29) is 42.4 Å². The van der Waals surface area contributed by atoms with E-state index in [4.69, 9.17) is 0 Å². The number of urea groups is 1. The number of rotatable bonds is 9. The van der Waals surface area contributed by atoms with E-state index in [1.165, 1.54) is 34.2 Å². The van der Waals surface area contributed by atoms with Gasteiger partial charge >= 0.3 is 6.03 Å². The minimum atomic E-state index is -0.904. The summed E-state index contributed by atoms with van der Waals surface area (Å²) in [5.74, 6) is -0.795. The molecule has 2 N–H and O–H groups in total. The normalized spacial score (nSPS) is 16.4. The number of nitrogens with one attached hydrogen (secondary N) is 1. The average Bonchev–Trinajstić information content (AvgIpc) is 2.96. The first-order chi connectivity index (χ1) is 19.6. The lowest BCUT2D eigenvalue weighted by molar-refractivity contribution is -0.171. The molecule has 41 heavy (non-hydrogen) atoms. The zero-order valence-corrected chi connectivity index (χ0v) is 23.5. The second-order valence-corrected chi connectivity index (χ2v) is 10.3. The van der Waals surface area contributed by atoms with Gasteiger partial charge in [0, 0.05) is 33.6 Å². The molecule has 3 aromatic rings. The van der Waals surface area contributed by atoms with E-state index in [1.807, 2.05) is 30.3 Å². The van der Waals surface area contributed by atoms with Crippen molar-refractivity contribution in [2.75, 3.05) is 27.2 Å². The number of halogens is 1. The first-order valence-electron chi connectivity index (χ1n) is 13.5. The third kappa shape index (κ3) is 7.40. The standard InChI is InChI=1S/C31H36FN5O4/c1-22-36(29(39)21-35(3)37(22)31(41)33-20-25-7-5-4-6-8-25)28(19-24-11-15-27(38)16-12-24)30(40)34(2)18-17-23-9-13-26(32)14-10-23/h4-16,22,28,38H,17-21H2,1-3H3,(H,33,41)/t22-,28-/m0/s1. The number of benzene rings is 3. The van der Waals surface area contributed by atoms with Crippen molar-refractivity contribution in [3.8, 4) is 5.75 Å². The molecule has 3 aromatic carbocycles. The lowest BCUT2D eigenvalue weighted by atomic mass is 10.0. The summed E-state index contributed by atoms with van der Waals surface area (Å²) >= 11 is 0. The summed E-state index contributed by atoms with van der Waals surface area (Å²) in [6, 6.07) is 20.8. The molecule has 0 unspecified atom stereocenters. The molecule has 1 aliphatic rings. The Hall–Kier alpha value is -4.44. The Bertz CT molecular complexity index is 1340. The third-order valence-corrected chi connectivity index (χ3v) is 7.28. The van der Waals surface area contributed by atoms with Crippen LogP contribution >= 0.6 is 0 Å². The van der Waals surface area contributed by atoms with Crippen LogP contribution in [-0.4, -0.2) is 82.2 Å². The van der Waals surface area contributed by atoms with Gasteiger partial charge in [-0.1, -0.05) is 54.6 Å². The van der Waals surface area contributed by atoms with Crippen LogP contribution in [0.2, 0.25) is 0 Å². The molecule has 216 valence electrons. The van der Waals surface area contributed by atoms with Crippen molar-refractivity contribution in [2.45, 2.75) is 38.5 Å². The summed E-state index contributed by atoms with van der Waals surface area (Å²) in [5.41, 5.74) is 2.57. The molecule has 1 aliphatic heterocycles. The van der Waals surface area contributed by atoms with Gasteiger partial charge in [0.15, 0.2) is 0 Å². The van der Waals surface area contributed by atoms with Gasteiger partial charge in [-0.05, 0) is 54.3 Å². The largest absolute Gasteiger partial charge is 0.508 e. The molecular weight excluding hydrogens is 525 g/mol.